The summed E-state index contributed by atoms with van der Waals surface area (Å²) in [7, 11) is 3.19. The summed E-state index contributed by atoms with van der Waals surface area (Å²) >= 11 is 5.31. The maximum Gasteiger partial charge on any atom is 0.198 e. The highest BCUT2D eigenvalue weighted by Gasteiger charge is 2.17. The molecule has 0 aliphatic heterocycles. The molecular weight excluding hydrogens is 448 g/mol. The Morgan fingerprint density at radius 3 is 2.18 bits per heavy atom. The van der Waals surface area contributed by atoms with Gasteiger partial charge in [-0.1, -0.05) is 66.7 Å². The van der Waals surface area contributed by atoms with Gasteiger partial charge in [0.25, 0.3) is 0 Å². The second-order valence-corrected chi connectivity index (χ2v) is 7.64. The van der Waals surface area contributed by atoms with Crippen LogP contribution >= 0.6 is 12.2 Å². The Bertz CT molecular complexity index is 1190. The molecule has 7 heteroatoms. The van der Waals surface area contributed by atoms with Crippen molar-refractivity contribution >= 4 is 35.1 Å². The predicted molar refractivity (Wildman–Crippen MR) is 139 cm³/mol. The van der Waals surface area contributed by atoms with Gasteiger partial charge in [-0.3, -0.25) is 4.79 Å². The lowest BCUT2D eigenvalue weighted by molar-refractivity contribution is 0.104. The highest BCUT2D eigenvalue weighted by atomic mass is 32.1. The van der Waals surface area contributed by atoms with Gasteiger partial charge in [-0.2, -0.15) is 0 Å². The number of carbonyl (C=O) groups is 1. The Morgan fingerprint density at radius 1 is 0.941 bits per heavy atom. The normalized spacial score (nSPS) is 11.6. The minimum Gasteiger partial charge on any atom is -0.506 e. The van der Waals surface area contributed by atoms with E-state index >= 15 is 0 Å². The van der Waals surface area contributed by atoms with Crippen molar-refractivity contribution in [3.63, 3.8) is 0 Å². The molecule has 0 spiro atoms. The van der Waals surface area contributed by atoms with E-state index in [0.717, 1.165) is 5.56 Å². The van der Waals surface area contributed by atoms with Gasteiger partial charge >= 0.3 is 0 Å². The number of nitrogens with one attached hydrogen (secondary N) is 1. The fraction of sp³-hybridized carbons (Fsp3) is 0.148. The Balaban J connectivity index is 1.72. The van der Waals surface area contributed by atoms with Crippen LogP contribution in [0.1, 0.15) is 21.5 Å². The van der Waals surface area contributed by atoms with Crippen molar-refractivity contribution in [3.8, 4) is 11.5 Å². The number of benzene rings is 3. The third kappa shape index (κ3) is 6.52. The summed E-state index contributed by atoms with van der Waals surface area (Å²) in [6.45, 7) is 0.530. The van der Waals surface area contributed by atoms with Crippen LogP contribution in [-0.2, 0) is 6.42 Å². The minimum absolute atomic E-state index is 0.0569. The van der Waals surface area contributed by atoms with Crippen molar-refractivity contribution in [1.29, 1.82) is 0 Å². The summed E-state index contributed by atoms with van der Waals surface area (Å²) in [5, 5.41) is 14.1. The van der Waals surface area contributed by atoms with Crippen LogP contribution in [0.2, 0.25) is 0 Å². The van der Waals surface area contributed by atoms with Gasteiger partial charge in [-0.05, 0) is 36.3 Å². The molecular formula is C27H26N2O4S. The number of aliphatic hydroxyl groups excluding tert-OH is 1. The molecule has 0 amide bonds. The first-order chi connectivity index (χ1) is 16.5. The van der Waals surface area contributed by atoms with Gasteiger partial charge in [0.05, 0.1) is 19.8 Å². The van der Waals surface area contributed by atoms with E-state index in [9.17, 15) is 9.90 Å². The Kier molecular flexibility index (Phi) is 8.94. The van der Waals surface area contributed by atoms with Crippen molar-refractivity contribution in [2.45, 2.75) is 6.42 Å². The van der Waals surface area contributed by atoms with Crippen LogP contribution in [0.3, 0.4) is 0 Å². The van der Waals surface area contributed by atoms with Gasteiger partial charge in [0.2, 0.25) is 0 Å². The van der Waals surface area contributed by atoms with E-state index in [1.54, 1.807) is 62.8 Å². The first-order valence-electron chi connectivity index (χ1n) is 10.6. The molecule has 2 N–H and O–H groups in total. The number of Topliss-reactive ketones (excluding diaryl/α,β-unsaturated/α-hetero) is 1. The number of methoxy groups -OCH3 is 2. The minimum atomic E-state index is -0.348. The summed E-state index contributed by atoms with van der Waals surface area (Å²) in [6.07, 6.45) is 1.99. The second kappa shape index (κ2) is 12.3. The molecule has 0 aliphatic rings. The topological polar surface area (TPSA) is 80.2 Å². The van der Waals surface area contributed by atoms with Gasteiger partial charge in [-0.25, -0.2) is 4.99 Å². The fourth-order valence-electron chi connectivity index (χ4n) is 3.24. The number of aliphatic hydroxyl groups is 1. The van der Waals surface area contributed by atoms with Gasteiger partial charge < -0.3 is 19.9 Å². The number of thiocarbonyl (C=S) groups is 1. The van der Waals surface area contributed by atoms with Gasteiger partial charge in [-0.15, -0.1) is 0 Å². The SMILES string of the molecule is COc1ccc(CCNC(=S)/N=C\C(C(=O)c2ccccc2)=C(\O)c2ccccc2)cc1OC. The summed E-state index contributed by atoms with van der Waals surface area (Å²) < 4.78 is 10.6. The number of carbonyl (C=O) groups excluding carboxylic acids is 1. The largest absolute Gasteiger partial charge is 0.506 e. The quantitative estimate of drug-likeness (QED) is 0.149. The lowest BCUT2D eigenvalue weighted by Crippen LogP contribution is -2.22. The number of allylic oxidation sites excluding steroid dienone is 1. The lowest BCUT2D eigenvalue weighted by Gasteiger charge is -2.10. The Labute approximate surface area is 204 Å². The van der Waals surface area contributed by atoms with E-state index in [0.29, 0.717) is 35.6 Å². The number of aliphatic imine (C=N–C) groups is 1. The molecule has 3 aromatic rings. The predicted octanol–water partition coefficient (Wildman–Crippen LogP) is 5.04. The van der Waals surface area contributed by atoms with Crippen molar-refractivity contribution in [2.24, 2.45) is 4.99 Å². The van der Waals surface area contributed by atoms with Crippen LogP contribution in [0.15, 0.2) is 89.4 Å². The zero-order valence-corrected chi connectivity index (χ0v) is 19.8. The average molecular weight is 475 g/mol. The maximum atomic E-state index is 13.1. The first kappa shape index (κ1) is 24.7. The molecule has 0 radical (unpaired) electrons. The fourth-order valence-corrected chi connectivity index (χ4v) is 3.40. The van der Waals surface area contributed by atoms with E-state index in [1.165, 1.54) is 6.21 Å². The van der Waals surface area contributed by atoms with E-state index in [4.69, 9.17) is 21.7 Å². The second-order valence-electron chi connectivity index (χ2n) is 7.25. The third-order valence-corrected chi connectivity index (χ3v) is 5.28. The maximum absolute atomic E-state index is 13.1. The molecule has 0 heterocycles. The molecule has 0 saturated heterocycles. The molecule has 0 unspecified atom stereocenters. The van der Waals surface area contributed by atoms with Crippen molar-refractivity contribution in [3.05, 3.63) is 101 Å². The monoisotopic (exact) mass is 474 g/mol. The molecule has 34 heavy (non-hydrogen) atoms. The Morgan fingerprint density at radius 2 is 1.56 bits per heavy atom. The van der Waals surface area contributed by atoms with Crippen molar-refractivity contribution < 1.29 is 19.4 Å². The molecule has 0 bridgehead atoms. The van der Waals surface area contributed by atoms with Gasteiger partial charge in [0.1, 0.15) is 5.76 Å². The van der Waals surface area contributed by atoms with Crippen LogP contribution in [-0.4, -0.2) is 43.0 Å². The average Bonchev–Trinajstić information content (AvgIpc) is 2.89. The summed E-state index contributed by atoms with van der Waals surface area (Å²) in [6, 6.07) is 23.3. The van der Waals surface area contributed by atoms with E-state index in [2.05, 4.69) is 10.3 Å². The number of hydrogen-bond acceptors (Lipinski definition) is 5. The van der Waals surface area contributed by atoms with E-state index in [-0.39, 0.29) is 22.2 Å². The first-order valence-corrected chi connectivity index (χ1v) is 11.1. The highest BCUT2D eigenvalue weighted by molar-refractivity contribution is 7.80. The molecule has 0 aromatic heterocycles. The molecule has 0 saturated carbocycles. The molecule has 3 rings (SSSR count). The molecule has 0 aliphatic carbocycles. The van der Waals surface area contributed by atoms with Gasteiger partial charge in [0, 0.05) is 23.9 Å². The summed E-state index contributed by atoms with van der Waals surface area (Å²) in [5.74, 6) is 0.816. The van der Waals surface area contributed by atoms with E-state index in [1.807, 2.05) is 30.3 Å². The summed E-state index contributed by atoms with van der Waals surface area (Å²) in [5.41, 5.74) is 2.05. The van der Waals surface area contributed by atoms with Gasteiger partial charge in [0.15, 0.2) is 22.4 Å². The van der Waals surface area contributed by atoms with Crippen molar-refractivity contribution in [2.75, 3.05) is 20.8 Å². The van der Waals surface area contributed by atoms with Crippen molar-refractivity contribution in [1.82, 2.24) is 5.32 Å². The number of ether oxygens (including phenoxy) is 2. The van der Waals surface area contributed by atoms with Crippen LogP contribution < -0.4 is 14.8 Å². The zero-order valence-electron chi connectivity index (χ0n) is 19.0. The van der Waals surface area contributed by atoms with Crippen LogP contribution in [0.25, 0.3) is 5.76 Å². The van der Waals surface area contributed by atoms with Crippen LogP contribution in [0.4, 0.5) is 0 Å². The molecule has 174 valence electrons. The Hall–Kier alpha value is -3.97. The standard InChI is InChI=1S/C27H26N2O4S/c1-32-23-14-13-19(17-24(23)33-2)15-16-28-27(34)29-18-22(25(30)20-9-5-3-6-10-20)26(31)21-11-7-4-8-12-21/h3-14,17-18,30H,15-16H2,1-2H3,(H,28,34)/b25-22-,29-18-. The van der Waals surface area contributed by atoms with Crippen LogP contribution in [0.5, 0.6) is 11.5 Å². The van der Waals surface area contributed by atoms with Crippen LogP contribution in [0, 0.1) is 0 Å². The number of nitrogens with zero attached hydrogens (tertiary/aromatic N) is 1. The number of ketones is 1. The molecule has 3 aromatic carbocycles. The third-order valence-electron chi connectivity index (χ3n) is 5.03. The summed E-state index contributed by atoms with van der Waals surface area (Å²) in [4.78, 5) is 17.3. The molecule has 0 fully saturated rings. The molecule has 6 nitrogen and oxygen atoms in total. The smallest absolute Gasteiger partial charge is 0.198 e. The number of hydrogen-bond donors (Lipinski definition) is 2. The van der Waals surface area contributed by atoms with E-state index < -0.39 is 0 Å². The highest BCUT2D eigenvalue weighted by Crippen LogP contribution is 2.27. The number of rotatable bonds is 9. The zero-order chi connectivity index (χ0) is 24.3. The lowest BCUT2D eigenvalue weighted by atomic mass is 10.0. The molecule has 0 atom stereocenters.